The van der Waals surface area contributed by atoms with E-state index in [0.717, 1.165) is 48.1 Å². The molecule has 0 heterocycles. The number of primary amides is 1. The fourth-order valence-corrected chi connectivity index (χ4v) is 4.24. The van der Waals surface area contributed by atoms with E-state index in [1.165, 1.54) is 23.3 Å². The lowest BCUT2D eigenvalue weighted by molar-refractivity contribution is -0.120. The summed E-state index contributed by atoms with van der Waals surface area (Å²) in [4.78, 5) is 12.0. The summed E-state index contributed by atoms with van der Waals surface area (Å²) >= 11 is 0. The zero-order valence-electron chi connectivity index (χ0n) is 17.4. The number of rotatable bonds is 8. The summed E-state index contributed by atoms with van der Waals surface area (Å²) in [5.41, 5.74) is 11.0. The molecule has 0 aliphatic heterocycles. The van der Waals surface area contributed by atoms with Crippen molar-refractivity contribution >= 4 is 5.91 Å². The number of benzene rings is 3. The Kier molecular flexibility index (Phi) is 6.63. The van der Waals surface area contributed by atoms with E-state index in [0.29, 0.717) is 13.2 Å². The maximum absolute atomic E-state index is 13.5. The number of hydrogen-bond acceptors (Lipinski definition) is 3. The van der Waals surface area contributed by atoms with Gasteiger partial charge in [0.1, 0.15) is 24.2 Å². The normalized spacial score (nSPS) is 14.0. The van der Waals surface area contributed by atoms with Crippen LogP contribution in [0.15, 0.2) is 66.7 Å². The van der Waals surface area contributed by atoms with Gasteiger partial charge in [0.15, 0.2) is 0 Å². The van der Waals surface area contributed by atoms with Crippen LogP contribution in [0.5, 0.6) is 5.75 Å². The zero-order chi connectivity index (χ0) is 21.6. The highest BCUT2D eigenvalue weighted by atomic mass is 19.1. The van der Waals surface area contributed by atoms with Crippen molar-refractivity contribution in [2.45, 2.75) is 44.9 Å². The van der Waals surface area contributed by atoms with Crippen LogP contribution in [-0.4, -0.2) is 5.91 Å². The molecule has 3 aromatic rings. The minimum atomic E-state index is -0.538. The Labute approximate surface area is 182 Å². The first-order valence-electron chi connectivity index (χ1n) is 10.7. The lowest BCUT2D eigenvalue weighted by Gasteiger charge is -2.24. The molecule has 160 valence electrons. The van der Waals surface area contributed by atoms with Gasteiger partial charge in [-0.2, -0.15) is 0 Å². The molecule has 4 rings (SSSR count). The summed E-state index contributed by atoms with van der Waals surface area (Å²) in [6, 6.07) is 19.5. The van der Waals surface area contributed by atoms with E-state index in [4.69, 9.17) is 10.5 Å². The Balaban J connectivity index is 1.51. The second-order valence-corrected chi connectivity index (χ2v) is 7.93. The summed E-state index contributed by atoms with van der Waals surface area (Å²) < 4.78 is 19.5. The molecule has 0 aromatic heterocycles. The molecule has 5 heteroatoms. The lowest BCUT2D eigenvalue weighted by Crippen LogP contribution is -2.33. The predicted octanol–water partition coefficient (Wildman–Crippen LogP) is 4.60. The molecule has 4 nitrogen and oxygen atoms in total. The summed E-state index contributed by atoms with van der Waals surface area (Å²) in [5.74, 6) is 0.208. The summed E-state index contributed by atoms with van der Waals surface area (Å²) in [6.07, 6.45) is 4.19. The SMILES string of the molecule is NC(=O)[C@@H](NCc1ccc(OCc2cccc(F)c2)c2c1CCCC2)c1ccccc1. The molecule has 0 bridgehead atoms. The monoisotopic (exact) mass is 418 g/mol. The van der Waals surface area contributed by atoms with Crippen LogP contribution < -0.4 is 15.8 Å². The number of nitrogens with one attached hydrogen (secondary N) is 1. The third-order valence-electron chi connectivity index (χ3n) is 5.79. The van der Waals surface area contributed by atoms with Crippen LogP contribution in [0.25, 0.3) is 0 Å². The van der Waals surface area contributed by atoms with Crippen molar-refractivity contribution in [2.75, 3.05) is 0 Å². The fraction of sp³-hybridized carbons (Fsp3) is 0.269. The maximum atomic E-state index is 13.5. The standard InChI is InChI=1S/C26H27FN2O2/c27-21-10-6-7-18(15-21)17-31-24-14-13-20(22-11-4-5-12-23(22)24)16-29-25(26(28)30)19-8-2-1-3-9-19/h1-3,6-10,13-15,25,29H,4-5,11-12,16-17H2,(H2,28,30)/t25-/m0/s1. The Morgan fingerprint density at radius 3 is 2.52 bits per heavy atom. The van der Waals surface area contributed by atoms with Crippen molar-refractivity contribution in [2.24, 2.45) is 5.73 Å². The molecule has 3 N–H and O–H groups in total. The van der Waals surface area contributed by atoms with E-state index >= 15 is 0 Å². The number of nitrogens with two attached hydrogens (primary N) is 1. The topological polar surface area (TPSA) is 64.4 Å². The number of amides is 1. The predicted molar refractivity (Wildman–Crippen MR) is 119 cm³/mol. The van der Waals surface area contributed by atoms with Crippen LogP contribution >= 0.6 is 0 Å². The van der Waals surface area contributed by atoms with E-state index < -0.39 is 11.9 Å². The molecule has 0 radical (unpaired) electrons. The Morgan fingerprint density at radius 2 is 1.77 bits per heavy atom. The number of carbonyl (C=O) groups is 1. The van der Waals surface area contributed by atoms with Crippen LogP contribution in [0.1, 0.15) is 46.7 Å². The first-order valence-corrected chi connectivity index (χ1v) is 10.7. The van der Waals surface area contributed by atoms with E-state index in [1.807, 2.05) is 42.5 Å². The van der Waals surface area contributed by atoms with Gasteiger partial charge in [0, 0.05) is 6.54 Å². The summed E-state index contributed by atoms with van der Waals surface area (Å²) in [5, 5.41) is 3.33. The van der Waals surface area contributed by atoms with Gasteiger partial charge in [-0.05, 0) is 71.7 Å². The van der Waals surface area contributed by atoms with E-state index in [9.17, 15) is 9.18 Å². The van der Waals surface area contributed by atoms with Gasteiger partial charge in [-0.3, -0.25) is 10.1 Å². The van der Waals surface area contributed by atoms with Gasteiger partial charge < -0.3 is 10.5 Å². The highest BCUT2D eigenvalue weighted by molar-refractivity contribution is 5.81. The minimum absolute atomic E-state index is 0.257. The average molecular weight is 419 g/mol. The minimum Gasteiger partial charge on any atom is -0.489 e. The van der Waals surface area contributed by atoms with Crippen molar-refractivity contribution in [1.82, 2.24) is 5.32 Å². The molecular formula is C26H27FN2O2. The molecule has 1 aliphatic carbocycles. The molecule has 0 fully saturated rings. The summed E-state index contributed by atoms with van der Waals surface area (Å²) in [7, 11) is 0. The molecule has 31 heavy (non-hydrogen) atoms. The number of ether oxygens (including phenoxy) is 1. The van der Waals surface area contributed by atoms with Crippen molar-refractivity contribution in [3.8, 4) is 5.75 Å². The van der Waals surface area contributed by atoms with Gasteiger partial charge in [0.25, 0.3) is 0 Å². The first kappa shape index (κ1) is 21.1. The molecule has 0 unspecified atom stereocenters. The van der Waals surface area contributed by atoms with Crippen LogP contribution in [0.2, 0.25) is 0 Å². The van der Waals surface area contributed by atoms with Crippen molar-refractivity contribution in [3.63, 3.8) is 0 Å². The molecular weight excluding hydrogens is 391 g/mol. The van der Waals surface area contributed by atoms with E-state index in [1.54, 1.807) is 6.07 Å². The highest BCUT2D eigenvalue weighted by Crippen LogP contribution is 2.33. The average Bonchev–Trinajstić information content (AvgIpc) is 2.79. The highest BCUT2D eigenvalue weighted by Gasteiger charge is 2.21. The van der Waals surface area contributed by atoms with E-state index in [2.05, 4.69) is 11.4 Å². The van der Waals surface area contributed by atoms with Gasteiger partial charge in [0.2, 0.25) is 5.91 Å². The fourth-order valence-electron chi connectivity index (χ4n) is 4.24. The van der Waals surface area contributed by atoms with Crippen LogP contribution in [-0.2, 0) is 30.8 Å². The van der Waals surface area contributed by atoms with Crippen LogP contribution in [0.3, 0.4) is 0 Å². The van der Waals surface area contributed by atoms with Gasteiger partial charge >= 0.3 is 0 Å². The van der Waals surface area contributed by atoms with Crippen LogP contribution in [0, 0.1) is 5.82 Å². The molecule has 0 saturated carbocycles. The maximum Gasteiger partial charge on any atom is 0.239 e. The molecule has 1 aliphatic rings. The quantitative estimate of drug-likeness (QED) is 0.562. The zero-order valence-corrected chi connectivity index (χ0v) is 17.4. The molecule has 1 atom stereocenters. The first-order chi connectivity index (χ1) is 15.1. The van der Waals surface area contributed by atoms with Gasteiger partial charge in [-0.15, -0.1) is 0 Å². The van der Waals surface area contributed by atoms with E-state index in [-0.39, 0.29) is 5.82 Å². The Morgan fingerprint density at radius 1 is 1.00 bits per heavy atom. The molecule has 3 aromatic carbocycles. The largest absolute Gasteiger partial charge is 0.489 e. The molecule has 0 spiro atoms. The number of fused-ring (bicyclic) bond motifs is 1. The lowest BCUT2D eigenvalue weighted by atomic mass is 9.87. The summed E-state index contributed by atoms with van der Waals surface area (Å²) in [6.45, 7) is 0.883. The van der Waals surface area contributed by atoms with Crippen molar-refractivity contribution < 1.29 is 13.9 Å². The Hall–Kier alpha value is -3.18. The third-order valence-corrected chi connectivity index (χ3v) is 5.79. The van der Waals surface area contributed by atoms with Crippen molar-refractivity contribution in [3.05, 3.63) is 100 Å². The number of halogens is 1. The third kappa shape index (κ3) is 5.12. The number of carbonyl (C=O) groups excluding carboxylic acids is 1. The van der Waals surface area contributed by atoms with Gasteiger partial charge in [-0.1, -0.05) is 48.5 Å². The Bertz CT molecular complexity index is 1050. The van der Waals surface area contributed by atoms with Gasteiger partial charge in [0.05, 0.1) is 0 Å². The smallest absolute Gasteiger partial charge is 0.239 e. The second kappa shape index (κ2) is 9.75. The number of hydrogen-bond donors (Lipinski definition) is 2. The second-order valence-electron chi connectivity index (χ2n) is 7.93. The van der Waals surface area contributed by atoms with Crippen molar-refractivity contribution in [1.29, 1.82) is 0 Å². The van der Waals surface area contributed by atoms with Crippen LogP contribution in [0.4, 0.5) is 4.39 Å². The molecule has 0 saturated heterocycles. The molecule has 1 amide bonds. The van der Waals surface area contributed by atoms with Gasteiger partial charge in [-0.25, -0.2) is 4.39 Å².